The first-order valence-corrected chi connectivity index (χ1v) is 8.71. The number of piperidine rings is 1. The average molecular weight is 329 g/mol. The van der Waals surface area contributed by atoms with Gasteiger partial charge < -0.3 is 15.0 Å². The second kappa shape index (κ2) is 8.70. The second-order valence-electron chi connectivity index (χ2n) is 6.28. The Morgan fingerprint density at radius 1 is 1.46 bits per heavy atom. The van der Waals surface area contributed by atoms with Crippen molar-refractivity contribution < 1.29 is 9.53 Å². The molecule has 0 bridgehead atoms. The molecule has 1 saturated heterocycles. The van der Waals surface area contributed by atoms with Crippen LogP contribution in [0.3, 0.4) is 0 Å². The van der Waals surface area contributed by atoms with E-state index in [0.29, 0.717) is 29.7 Å². The summed E-state index contributed by atoms with van der Waals surface area (Å²) in [5.41, 5.74) is 1.64. The Balaban J connectivity index is 1.96. The van der Waals surface area contributed by atoms with Crippen molar-refractivity contribution in [3.8, 4) is 11.8 Å². The predicted octanol–water partition coefficient (Wildman–Crippen LogP) is 2.69. The van der Waals surface area contributed by atoms with Crippen molar-refractivity contribution in [1.29, 1.82) is 5.26 Å². The van der Waals surface area contributed by atoms with Crippen LogP contribution < -0.4 is 10.1 Å². The number of rotatable bonds is 6. The number of hydrogen-bond donors (Lipinski definition) is 1. The molecule has 1 N–H and O–H groups in total. The summed E-state index contributed by atoms with van der Waals surface area (Å²) in [5, 5.41) is 12.8. The van der Waals surface area contributed by atoms with Gasteiger partial charge in [-0.1, -0.05) is 26.3 Å². The number of nitrogens with one attached hydrogen (secondary N) is 1. The van der Waals surface area contributed by atoms with E-state index in [-0.39, 0.29) is 5.91 Å². The molecule has 0 aliphatic carbocycles. The molecule has 1 amide bonds. The smallest absolute Gasteiger partial charge is 0.222 e. The number of benzene rings is 1. The highest BCUT2D eigenvalue weighted by Crippen LogP contribution is 2.22. The Bertz CT molecular complexity index is 609. The van der Waals surface area contributed by atoms with Crippen LogP contribution in [0.1, 0.15) is 44.2 Å². The van der Waals surface area contributed by atoms with E-state index in [0.717, 1.165) is 38.0 Å². The van der Waals surface area contributed by atoms with E-state index in [1.807, 2.05) is 30.0 Å². The van der Waals surface area contributed by atoms with E-state index in [1.165, 1.54) is 0 Å². The normalized spacial score (nSPS) is 20.5. The van der Waals surface area contributed by atoms with Crippen molar-refractivity contribution >= 4 is 5.91 Å². The van der Waals surface area contributed by atoms with Crippen LogP contribution in [0.5, 0.6) is 5.75 Å². The monoisotopic (exact) mass is 329 g/mol. The SMILES string of the molecule is CCC(=O)N1CC[C@H](NCc2ccc(OC)c(C#N)c2)[C@H](CC)C1. The van der Waals surface area contributed by atoms with Crippen molar-refractivity contribution in [3.05, 3.63) is 29.3 Å². The predicted molar refractivity (Wildman–Crippen MR) is 93.6 cm³/mol. The minimum absolute atomic E-state index is 0.251. The van der Waals surface area contributed by atoms with Gasteiger partial charge >= 0.3 is 0 Å². The van der Waals surface area contributed by atoms with E-state index in [2.05, 4.69) is 18.3 Å². The minimum atomic E-state index is 0.251. The van der Waals surface area contributed by atoms with Gasteiger partial charge in [0.05, 0.1) is 12.7 Å². The Morgan fingerprint density at radius 3 is 2.88 bits per heavy atom. The quantitative estimate of drug-likeness (QED) is 0.871. The van der Waals surface area contributed by atoms with E-state index < -0.39 is 0 Å². The molecule has 1 aliphatic heterocycles. The zero-order valence-corrected chi connectivity index (χ0v) is 14.8. The second-order valence-corrected chi connectivity index (χ2v) is 6.28. The lowest BCUT2D eigenvalue weighted by Gasteiger charge is -2.38. The molecule has 1 aromatic carbocycles. The maximum atomic E-state index is 11.9. The fourth-order valence-corrected chi connectivity index (χ4v) is 3.37. The molecule has 5 nitrogen and oxygen atoms in total. The van der Waals surface area contributed by atoms with Crippen molar-refractivity contribution in [3.63, 3.8) is 0 Å². The molecule has 1 heterocycles. The lowest BCUT2D eigenvalue weighted by Crippen LogP contribution is -2.50. The summed E-state index contributed by atoms with van der Waals surface area (Å²) in [7, 11) is 1.57. The first-order chi connectivity index (χ1) is 11.6. The molecule has 130 valence electrons. The van der Waals surface area contributed by atoms with Crippen LogP contribution in [-0.2, 0) is 11.3 Å². The number of amides is 1. The molecule has 0 spiro atoms. The average Bonchev–Trinajstić information content (AvgIpc) is 2.65. The molecule has 5 heteroatoms. The van der Waals surface area contributed by atoms with Crippen molar-refractivity contribution in [2.45, 2.75) is 45.7 Å². The Morgan fingerprint density at radius 2 is 2.25 bits per heavy atom. The van der Waals surface area contributed by atoms with Crippen molar-refractivity contribution in [1.82, 2.24) is 10.2 Å². The Labute approximate surface area is 144 Å². The largest absolute Gasteiger partial charge is 0.495 e. The van der Waals surface area contributed by atoms with Gasteiger partial charge in [-0.15, -0.1) is 0 Å². The summed E-state index contributed by atoms with van der Waals surface area (Å²) >= 11 is 0. The molecule has 2 atom stereocenters. The standard InChI is InChI=1S/C19H27N3O2/c1-4-15-13-22(19(23)5-2)9-8-17(15)21-12-14-6-7-18(24-3)16(10-14)11-20/h6-7,10,15,17,21H,4-5,8-9,12-13H2,1-3H3/t15-,17+/m1/s1. The molecular formula is C19H27N3O2. The fraction of sp³-hybridized carbons (Fsp3) is 0.579. The number of nitrogens with zero attached hydrogens (tertiary/aromatic N) is 2. The summed E-state index contributed by atoms with van der Waals surface area (Å²) < 4.78 is 5.18. The molecule has 24 heavy (non-hydrogen) atoms. The highest BCUT2D eigenvalue weighted by Gasteiger charge is 2.29. The van der Waals surface area contributed by atoms with Gasteiger partial charge in [0.15, 0.2) is 0 Å². The number of nitriles is 1. The van der Waals surface area contributed by atoms with Crippen LogP contribution in [0.15, 0.2) is 18.2 Å². The molecule has 2 rings (SSSR count). The third-order valence-electron chi connectivity index (χ3n) is 4.87. The summed E-state index contributed by atoms with van der Waals surface area (Å²) in [6, 6.07) is 8.29. The maximum Gasteiger partial charge on any atom is 0.222 e. The number of likely N-dealkylation sites (tertiary alicyclic amines) is 1. The summed E-state index contributed by atoms with van der Waals surface area (Å²) in [6.07, 6.45) is 2.61. The van der Waals surface area contributed by atoms with Gasteiger partial charge in [-0.05, 0) is 30.0 Å². The summed E-state index contributed by atoms with van der Waals surface area (Å²) in [6.45, 7) is 6.49. The van der Waals surface area contributed by atoms with Crippen LogP contribution >= 0.6 is 0 Å². The third kappa shape index (κ3) is 4.27. The third-order valence-corrected chi connectivity index (χ3v) is 4.87. The Kier molecular flexibility index (Phi) is 6.62. The molecular weight excluding hydrogens is 302 g/mol. The van der Waals surface area contributed by atoms with Gasteiger partial charge in [0.25, 0.3) is 0 Å². The van der Waals surface area contributed by atoms with E-state index in [4.69, 9.17) is 4.74 Å². The van der Waals surface area contributed by atoms with Crippen LogP contribution in [0.4, 0.5) is 0 Å². The number of hydrogen-bond acceptors (Lipinski definition) is 4. The molecule has 0 radical (unpaired) electrons. The number of carbonyl (C=O) groups is 1. The molecule has 1 aromatic rings. The zero-order chi connectivity index (χ0) is 17.5. The first kappa shape index (κ1) is 18.3. The zero-order valence-electron chi connectivity index (χ0n) is 14.8. The van der Waals surface area contributed by atoms with Crippen LogP contribution in [0.25, 0.3) is 0 Å². The van der Waals surface area contributed by atoms with Gasteiger partial charge in [0.1, 0.15) is 11.8 Å². The molecule has 0 aromatic heterocycles. The molecule has 1 aliphatic rings. The van der Waals surface area contributed by atoms with Gasteiger partial charge in [0, 0.05) is 32.1 Å². The van der Waals surface area contributed by atoms with E-state index >= 15 is 0 Å². The van der Waals surface area contributed by atoms with Crippen LogP contribution in [0, 0.1) is 17.2 Å². The van der Waals surface area contributed by atoms with Crippen LogP contribution in [-0.4, -0.2) is 37.0 Å². The fourth-order valence-electron chi connectivity index (χ4n) is 3.37. The summed E-state index contributed by atoms with van der Waals surface area (Å²) in [4.78, 5) is 13.9. The number of ether oxygens (including phenoxy) is 1. The van der Waals surface area contributed by atoms with Gasteiger partial charge in [-0.3, -0.25) is 4.79 Å². The van der Waals surface area contributed by atoms with Gasteiger partial charge in [-0.25, -0.2) is 0 Å². The molecule has 0 saturated carbocycles. The summed E-state index contributed by atoms with van der Waals surface area (Å²) in [5.74, 6) is 1.34. The van der Waals surface area contributed by atoms with Gasteiger partial charge in [-0.2, -0.15) is 5.26 Å². The van der Waals surface area contributed by atoms with Gasteiger partial charge in [0.2, 0.25) is 5.91 Å². The highest BCUT2D eigenvalue weighted by molar-refractivity contribution is 5.75. The Hall–Kier alpha value is -2.06. The van der Waals surface area contributed by atoms with Crippen molar-refractivity contribution in [2.24, 2.45) is 5.92 Å². The number of methoxy groups -OCH3 is 1. The van der Waals surface area contributed by atoms with Crippen LogP contribution in [0.2, 0.25) is 0 Å². The lowest BCUT2D eigenvalue weighted by molar-refractivity contribution is -0.133. The molecule has 1 fully saturated rings. The molecule has 0 unspecified atom stereocenters. The van der Waals surface area contributed by atoms with E-state index in [9.17, 15) is 10.1 Å². The van der Waals surface area contributed by atoms with E-state index in [1.54, 1.807) is 7.11 Å². The van der Waals surface area contributed by atoms with Crippen molar-refractivity contribution in [2.75, 3.05) is 20.2 Å². The topological polar surface area (TPSA) is 65.4 Å². The number of carbonyl (C=O) groups excluding carboxylic acids is 1. The maximum absolute atomic E-state index is 11.9. The first-order valence-electron chi connectivity index (χ1n) is 8.71. The highest BCUT2D eigenvalue weighted by atomic mass is 16.5. The minimum Gasteiger partial charge on any atom is -0.495 e. The lowest BCUT2D eigenvalue weighted by atomic mass is 9.89.